The Balaban J connectivity index is 1.46. The van der Waals surface area contributed by atoms with Crippen molar-refractivity contribution in [2.24, 2.45) is 5.10 Å². The van der Waals surface area contributed by atoms with Gasteiger partial charge in [0.1, 0.15) is 18.1 Å². The molecule has 2 N–H and O–H groups in total. The Morgan fingerprint density at radius 1 is 1.20 bits per heavy atom. The van der Waals surface area contributed by atoms with E-state index in [-0.39, 0.29) is 13.2 Å². The molecule has 2 aromatic rings. The third-order valence-corrected chi connectivity index (χ3v) is 3.45. The molecular weight excluding hydrogens is 326 g/mol. The standard InChI is InChI=1S/C17H17N3O5/c1-11(12-7-4-8-23-12)19-20-16(21)9-18-17(22)15-10-24-13-5-2-3-6-14(13)25-15/h2-8,15H,9-10H2,1H3,(H,18,22)(H,20,21)/b19-11+/t15-/m1/s1. The largest absolute Gasteiger partial charge is 0.485 e. The number of amides is 2. The first-order valence-corrected chi connectivity index (χ1v) is 7.66. The number of hydrazone groups is 1. The molecular formula is C17H17N3O5. The van der Waals surface area contributed by atoms with Gasteiger partial charge in [0.05, 0.1) is 12.8 Å². The van der Waals surface area contributed by atoms with Gasteiger partial charge in [-0.3, -0.25) is 9.59 Å². The third kappa shape index (κ3) is 4.17. The van der Waals surface area contributed by atoms with Gasteiger partial charge >= 0.3 is 0 Å². The lowest BCUT2D eigenvalue weighted by Gasteiger charge is -2.25. The number of furan rings is 1. The van der Waals surface area contributed by atoms with Gasteiger partial charge < -0.3 is 19.2 Å². The van der Waals surface area contributed by atoms with Gasteiger partial charge in [0.2, 0.25) is 6.10 Å². The molecule has 0 bridgehead atoms. The van der Waals surface area contributed by atoms with E-state index in [9.17, 15) is 9.59 Å². The molecule has 25 heavy (non-hydrogen) atoms. The maximum atomic E-state index is 12.1. The molecule has 0 fully saturated rings. The van der Waals surface area contributed by atoms with Crippen LogP contribution in [0.2, 0.25) is 0 Å². The van der Waals surface area contributed by atoms with Crippen molar-refractivity contribution in [2.45, 2.75) is 13.0 Å². The molecule has 2 heterocycles. The van der Waals surface area contributed by atoms with E-state index in [2.05, 4.69) is 15.8 Å². The van der Waals surface area contributed by atoms with Crippen LogP contribution in [0.1, 0.15) is 12.7 Å². The summed E-state index contributed by atoms with van der Waals surface area (Å²) in [5.41, 5.74) is 2.87. The fraction of sp³-hybridized carbons (Fsp3) is 0.235. The normalized spacial score (nSPS) is 16.2. The SMILES string of the molecule is C/C(=N\NC(=O)CNC(=O)[C@H]1COc2ccccc2O1)c1ccco1. The van der Waals surface area contributed by atoms with Crippen molar-refractivity contribution in [1.29, 1.82) is 0 Å². The van der Waals surface area contributed by atoms with Gasteiger partial charge in [-0.2, -0.15) is 5.10 Å². The Hall–Kier alpha value is -3.29. The van der Waals surface area contributed by atoms with E-state index in [1.807, 2.05) is 6.07 Å². The molecule has 2 amide bonds. The van der Waals surface area contributed by atoms with Gasteiger partial charge in [-0.05, 0) is 31.2 Å². The van der Waals surface area contributed by atoms with E-state index >= 15 is 0 Å². The zero-order valence-corrected chi connectivity index (χ0v) is 13.5. The van der Waals surface area contributed by atoms with Crippen LogP contribution in [0.3, 0.4) is 0 Å². The Morgan fingerprint density at radius 2 is 2.00 bits per heavy atom. The predicted octanol–water partition coefficient (Wildman–Crippen LogP) is 1.08. The minimum absolute atomic E-state index is 0.0836. The predicted molar refractivity (Wildman–Crippen MR) is 88.4 cm³/mol. The van der Waals surface area contributed by atoms with E-state index < -0.39 is 17.9 Å². The summed E-state index contributed by atoms with van der Waals surface area (Å²) in [6.07, 6.45) is 0.705. The van der Waals surface area contributed by atoms with Crippen molar-refractivity contribution >= 4 is 17.5 Å². The van der Waals surface area contributed by atoms with Crippen LogP contribution in [-0.4, -0.2) is 36.8 Å². The van der Waals surface area contributed by atoms with Gasteiger partial charge in [0.15, 0.2) is 11.5 Å². The first kappa shape index (κ1) is 16.6. The van der Waals surface area contributed by atoms with Crippen LogP contribution in [0.25, 0.3) is 0 Å². The second kappa shape index (κ2) is 7.52. The average molecular weight is 343 g/mol. The molecule has 8 heteroatoms. The summed E-state index contributed by atoms with van der Waals surface area (Å²) in [5.74, 6) is 0.743. The lowest BCUT2D eigenvalue weighted by Crippen LogP contribution is -2.46. The Kier molecular flexibility index (Phi) is 4.98. The summed E-state index contributed by atoms with van der Waals surface area (Å²) in [6.45, 7) is 1.55. The van der Waals surface area contributed by atoms with Crippen molar-refractivity contribution in [2.75, 3.05) is 13.2 Å². The number of benzene rings is 1. The molecule has 0 spiro atoms. The lowest BCUT2D eigenvalue weighted by molar-refractivity contribution is -0.132. The summed E-state index contributed by atoms with van der Waals surface area (Å²) >= 11 is 0. The number of hydrogen-bond acceptors (Lipinski definition) is 6. The van der Waals surface area contributed by atoms with Crippen molar-refractivity contribution in [3.05, 3.63) is 48.4 Å². The minimum atomic E-state index is -0.809. The molecule has 0 aliphatic carbocycles. The third-order valence-electron chi connectivity index (χ3n) is 3.45. The zero-order valence-electron chi connectivity index (χ0n) is 13.5. The number of fused-ring (bicyclic) bond motifs is 1. The maximum absolute atomic E-state index is 12.1. The Bertz CT molecular complexity index is 785. The fourth-order valence-corrected chi connectivity index (χ4v) is 2.16. The second-order valence-electron chi connectivity index (χ2n) is 5.29. The number of ether oxygens (including phenoxy) is 2. The van der Waals surface area contributed by atoms with Crippen molar-refractivity contribution in [1.82, 2.24) is 10.7 Å². The molecule has 0 unspecified atom stereocenters. The fourth-order valence-electron chi connectivity index (χ4n) is 2.16. The van der Waals surface area contributed by atoms with E-state index in [1.54, 1.807) is 37.3 Å². The van der Waals surface area contributed by atoms with Crippen LogP contribution in [0, 0.1) is 0 Å². The molecule has 0 saturated heterocycles. The van der Waals surface area contributed by atoms with Crippen LogP contribution in [0.5, 0.6) is 11.5 Å². The van der Waals surface area contributed by atoms with Crippen LogP contribution >= 0.6 is 0 Å². The van der Waals surface area contributed by atoms with Crippen molar-refractivity contribution in [3.8, 4) is 11.5 Å². The number of rotatable bonds is 5. The molecule has 8 nitrogen and oxygen atoms in total. The summed E-state index contributed by atoms with van der Waals surface area (Å²) in [6, 6.07) is 10.5. The molecule has 1 aromatic heterocycles. The highest BCUT2D eigenvalue weighted by Gasteiger charge is 2.27. The lowest BCUT2D eigenvalue weighted by atomic mass is 10.2. The van der Waals surface area contributed by atoms with Gasteiger partial charge in [0.25, 0.3) is 11.8 Å². The van der Waals surface area contributed by atoms with Crippen LogP contribution in [0.15, 0.2) is 52.2 Å². The number of carbonyl (C=O) groups excluding carboxylic acids is 2. The van der Waals surface area contributed by atoms with Crippen LogP contribution < -0.4 is 20.2 Å². The molecule has 130 valence electrons. The molecule has 3 rings (SSSR count). The zero-order chi connectivity index (χ0) is 17.6. The molecule has 0 saturated carbocycles. The highest BCUT2D eigenvalue weighted by molar-refractivity contribution is 5.97. The van der Waals surface area contributed by atoms with E-state index in [0.29, 0.717) is 23.0 Å². The molecule has 1 aliphatic heterocycles. The number of carbonyl (C=O) groups is 2. The smallest absolute Gasteiger partial charge is 0.265 e. The van der Waals surface area contributed by atoms with E-state index in [0.717, 1.165) is 0 Å². The van der Waals surface area contributed by atoms with Crippen molar-refractivity contribution in [3.63, 3.8) is 0 Å². The van der Waals surface area contributed by atoms with Gasteiger partial charge in [0, 0.05) is 0 Å². The number of hydrogen-bond donors (Lipinski definition) is 2. The van der Waals surface area contributed by atoms with Gasteiger partial charge in [-0.15, -0.1) is 0 Å². The van der Waals surface area contributed by atoms with E-state index in [1.165, 1.54) is 6.26 Å². The molecule has 0 radical (unpaired) electrons. The summed E-state index contributed by atoms with van der Waals surface area (Å²) in [5, 5.41) is 6.40. The Morgan fingerprint density at radius 3 is 2.76 bits per heavy atom. The van der Waals surface area contributed by atoms with Crippen LogP contribution in [0.4, 0.5) is 0 Å². The number of nitrogens with zero attached hydrogens (tertiary/aromatic N) is 1. The first-order chi connectivity index (χ1) is 12.1. The van der Waals surface area contributed by atoms with E-state index in [4.69, 9.17) is 13.9 Å². The number of para-hydroxylation sites is 2. The van der Waals surface area contributed by atoms with Crippen LogP contribution in [-0.2, 0) is 9.59 Å². The summed E-state index contributed by atoms with van der Waals surface area (Å²) < 4.78 is 16.2. The Labute approximate surface area is 143 Å². The monoisotopic (exact) mass is 343 g/mol. The highest BCUT2D eigenvalue weighted by Crippen LogP contribution is 2.30. The average Bonchev–Trinajstić information content (AvgIpc) is 3.18. The molecule has 1 aromatic carbocycles. The topological polar surface area (TPSA) is 102 Å². The highest BCUT2D eigenvalue weighted by atomic mass is 16.6. The summed E-state index contributed by atoms with van der Waals surface area (Å²) in [4.78, 5) is 23.9. The second-order valence-corrected chi connectivity index (χ2v) is 5.29. The van der Waals surface area contributed by atoms with Gasteiger partial charge in [-0.1, -0.05) is 12.1 Å². The number of nitrogens with one attached hydrogen (secondary N) is 2. The maximum Gasteiger partial charge on any atom is 0.265 e. The minimum Gasteiger partial charge on any atom is -0.485 e. The summed E-state index contributed by atoms with van der Waals surface area (Å²) in [7, 11) is 0. The van der Waals surface area contributed by atoms with Gasteiger partial charge in [-0.25, -0.2) is 5.43 Å². The quantitative estimate of drug-likeness (QED) is 0.625. The van der Waals surface area contributed by atoms with Crippen molar-refractivity contribution < 1.29 is 23.5 Å². The first-order valence-electron chi connectivity index (χ1n) is 7.66. The molecule has 1 atom stereocenters. The molecule has 1 aliphatic rings.